The number of benzene rings is 1. The summed E-state index contributed by atoms with van der Waals surface area (Å²) in [4.78, 5) is 10.6. The molecule has 0 spiro atoms. The van der Waals surface area contributed by atoms with E-state index in [0.29, 0.717) is 5.56 Å². The topological polar surface area (TPSA) is 43.1 Å². The van der Waals surface area contributed by atoms with Crippen LogP contribution in [0.15, 0.2) is 18.2 Å². The van der Waals surface area contributed by atoms with E-state index in [0.717, 1.165) is 32.3 Å². The minimum absolute atomic E-state index is 0.694. The quantitative estimate of drug-likeness (QED) is 0.672. The van der Waals surface area contributed by atoms with Crippen LogP contribution in [0.25, 0.3) is 10.1 Å². The van der Waals surface area contributed by atoms with Gasteiger partial charge in [0.05, 0.1) is 5.00 Å². The molecule has 1 aromatic heterocycles. The molecule has 14 heavy (non-hydrogen) atoms. The molecule has 4 heteroatoms. The van der Waals surface area contributed by atoms with Crippen molar-refractivity contribution in [3.05, 3.63) is 29.3 Å². The van der Waals surface area contributed by atoms with Gasteiger partial charge in [-0.2, -0.15) is 0 Å². The van der Waals surface area contributed by atoms with Gasteiger partial charge in [-0.3, -0.25) is 4.79 Å². The van der Waals surface area contributed by atoms with Crippen molar-refractivity contribution in [3.63, 3.8) is 0 Å². The summed E-state index contributed by atoms with van der Waals surface area (Å²) >= 11 is 4.92. The summed E-state index contributed by atoms with van der Waals surface area (Å²) in [5.74, 6) is 0. The van der Waals surface area contributed by atoms with E-state index in [4.69, 9.17) is 5.73 Å². The number of anilines is 1. The molecule has 1 heterocycles. The Morgan fingerprint density at radius 3 is 2.93 bits per heavy atom. The number of halogens is 1. The molecule has 0 saturated heterocycles. The molecule has 0 saturated carbocycles. The van der Waals surface area contributed by atoms with Gasteiger partial charge in [-0.1, -0.05) is 28.1 Å². The first kappa shape index (κ1) is 9.68. The number of hydrogen-bond donors (Lipinski definition) is 1. The highest BCUT2D eigenvalue weighted by atomic mass is 79.9. The number of carbonyl (C=O) groups is 1. The molecule has 2 rings (SSSR count). The summed E-state index contributed by atoms with van der Waals surface area (Å²) in [6, 6.07) is 5.63. The molecule has 0 aliphatic carbocycles. The number of alkyl halides is 1. The second-order valence-electron chi connectivity index (χ2n) is 2.95. The monoisotopic (exact) mass is 269 g/mol. The minimum Gasteiger partial charge on any atom is -0.390 e. The van der Waals surface area contributed by atoms with Crippen LogP contribution in [0.5, 0.6) is 0 Å². The number of thiophene rings is 1. The lowest BCUT2D eigenvalue weighted by molar-refractivity contribution is 0.112. The van der Waals surface area contributed by atoms with Crippen LogP contribution in [0, 0.1) is 0 Å². The highest BCUT2D eigenvalue weighted by Gasteiger charge is 2.08. The predicted octanol–water partition coefficient (Wildman–Crippen LogP) is 3.19. The SMILES string of the molecule is Nc1sc2cc(C=O)ccc2c1CBr. The largest absolute Gasteiger partial charge is 0.390 e. The molecule has 0 bridgehead atoms. The van der Waals surface area contributed by atoms with Gasteiger partial charge < -0.3 is 5.73 Å². The second kappa shape index (κ2) is 3.71. The number of hydrogen-bond acceptors (Lipinski definition) is 3. The highest BCUT2D eigenvalue weighted by molar-refractivity contribution is 9.08. The maximum absolute atomic E-state index is 10.6. The maximum atomic E-state index is 10.6. The highest BCUT2D eigenvalue weighted by Crippen LogP contribution is 2.35. The lowest BCUT2D eigenvalue weighted by atomic mass is 10.1. The van der Waals surface area contributed by atoms with Gasteiger partial charge in [0.15, 0.2) is 0 Å². The average molecular weight is 270 g/mol. The Bertz CT molecular complexity index is 492. The molecule has 0 fully saturated rings. The normalized spacial score (nSPS) is 10.6. The number of fused-ring (bicyclic) bond motifs is 1. The molecule has 72 valence electrons. The Kier molecular flexibility index (Phi) is 2.56. The molecule has 0 radical (unpaired) electrons. The first-order chi connectivity index (χ1) is 6.76. The van der Waals surface area contributed by atoms with Crippen molar-refractivity contribution in [2.75, 3.05) is 5.73 Å². The van der Waals surface area contributed by atoms with E-state index in [1.165, 1.54) is 11.3 Å². The summed E-state index contributed by atoms with van der Waals surface area (Å²) < 4.78 is 1.07. The van der Waals surface area contributed by atoms with Crippen LogP contribution in [-0.2, 0) is 5.33 Å². The smallest absolute Gasteiger partial charge is 0.150 e. The first-order valence-corrected chi connectivity index (χ1v) is 6.02. The van der Waals surface area contributed by atoms with E-state index in [-0.39, 0.29) is 0 Å². The minimum atomic E-state index is 0.694. The molecule has 2 aromatic rings. The average Bonchev–Trinajstić information content (AvgIpc) is 2.51. The van der Waals surface area contributed by atoms with E-state index in [1.54, 1.807) is 0 Å². The Balaban J connectivity index is 2.74. The van der Waals surface area contributed by atoms with Crippen LogP contribution in [0.3, 0.4) is 0 Å². The van der Waals surface area contributed by atoms with Crippen LogP contribution in [0.4, 0.5) is 5.00 Å². The van der Waals surface area contributed by atoms with Gasteiger partial charge in [0.25, 0.3) is 0 Å². The second-order valence-corrected chi connectivity index (χ2v) is 4.60. The van der Waals surface area contributed by atoms with E-state index >= 15 is 0 Å². The fourth-order valence-electron chi connectivity index (χ4n) is 1.40. The molecular formula is C10H8BrNOS. The van der Waals surface area contributed by atoms with Crippen LogP contribution in [-0.4, -0.2) is 6.29 Å². The lowest BCUT2D eigenvalue weighted by Crippen LogP contribution is -1.84. The van der Waals surface area contributed by atoms with Gasteiger partial charge in [0, 0.05) is 21.2 Å². The summed E-state index contributed by atoms with van der Waals surface area (Å²) in [6.45, 7) is 0. The zero-order chi connectivity index (χ0) is 10.1. The summed E-state index contributed by atoms with van der Waals surface area (Å²) in [7, 11) is 0. The van der Waals surface area contributed by atoms with Crippen molar-refractivity contribution in [1.29, 1.82) is 0 Å². The molecule has 2 N–H and O–H groups in total. The Morgan fingerprint density at radius 1 is 1.50 bits per heavy atom. The molecular weight excluding hydrogens is 262 g/mol. The van der Waals surface area contributed by atoms with Crippen LogP contribution >= 0.6 is 27.3 Å². The Labute approximate surface area is 93.9 Å². The molecule has 0 aliphatic heterocycles. The van der Waals surface area contributed by atoms with Crippen molar-refractivity contribution in [1.82, 2.24) is 0 Å². The molecule has 1 aromatic carbocycles. The van der Waals surface area contributed by atoms with Crippen LogP contribution in [0.2, 0.25) is 0 Å². The van der Waals surface area contributed by atoms with Gasteiger partial charge in [0.1, 0.15) is 6.29 Å². The van der Waals surface area contributed by atoms with Crippen molar-refractivity contribution in [2.45, 2.75) is 5.33 Å². The number of nitrogens with two attached hydrogens (primary N) is 1. The van der Waals surface area contributed by atoms with Gasteiger partial charge in [-0.15, -0.1) is 11.3 Å². The van der Waals surface area contributed by atoms with Crippen LogP contribution in [0.1, 0.15) is 15.9 Å². The number of carbonyl (C=O) groups excluding carboxylic acids is 1. The number of aldehydes is 1. The van der Waals surface area contributed by atoms with E-state index in [2.05, 4.69) is 15.9 Å². The Hall–Kier alpha value is -0.870. The number of rotatable bonds is 2. The molecule has 0 unspecified atom stereocenters. The van der Waals surface area contributed by atoms with Gasteiger partial charge in [-0.25, -0.2) is 0 Å². The van der Waals surface area contributed by atoms with E-state index < -0.39 is 0 Å². The standard InChI is InChI=1S/C10H8BrNOS/c11-4-8-7-2-1-6(5-13)3-9(7)14-10(8)12/h1-3,5H,4,12H2. The molecule has 0 amide bonds. The molecule has 0 aliphatic rings. The molecule has 2 nitrogen and oxygen atoms in total. The third-order valence-corrected chi connectivity index (χ3v) is 3.70. The maximum Gasteiger partial charge on any atom is 0.150 e. The van der Waals surface area contributed by atoms with Crippen molar-refractivity contribution < 1.29 is 4.79 Å². The third-order valence-electron chi connectivity index (χ3n) is 2.12. The zero-order valence-electron chi connectivity index (χ0n) is 7.29. The van der Waals surface area contributed by atoms with Gasteiger partial charge in [0.2, 0.25) is 0 Å². The predicted molar refractivity (Wildman–Crippen MR) is 64.3 cm³/mol. The molecule has 0 atom stereocenters. The van der Waals surface area contributed by atoms with Gasteiger partial charge in [-0.05, 0) is 11.5 Å². The lowest BCUT2D eigenvalue weighted by Gasteiger charge is -1.94. The van der Waals surface area contributed by atoms with Crippen molar-refractivity contribution >= 4 is 48.6 Å². The fraction of sp³-hybridized carbons (Fsp3) is 0.100. The zero-order valence-corrected chi connectivity index (χ0v) is 9.69. The summed E-state index contributed by atoms with van der Waals surface area (Å²) in [5, 5.41) is 2.70. The van der Waals surface area contributed by atoms with Crippen molar-refractivity contribution in [3.8, 4) is 0 Å². The van der Waals surface area contributed by atoms with E-state index in [1.807, 2.05) is 18.2 Å². The fourth-order valence-corrected chi connectivity index (χ4v) is 3.22. The third kappa shape index (κ3) is 1.44. The van der Waals surface area contributed by atoms with E-state index in [9.17, 15) is 4.79 Å². The summed E-state index contributed by atoms with van der Waals surface area (Å²) in [5.41, 5.74) is 7.66. The van der Waals surface area contributed by atoms with Crippen LogP contribution < -0.4 is 5.73 Å². The number of nitrogen functional groups attached to an aromatic ring is 1. The summed E-state index contributed by atoms with van der Waals surface area (Å²) in [6.07, 6.45) is 0.850. The van der Waals surface area contributed by atoms with Gasteiger partial charge >= 0.3 is 0 Å². The van der Waals surface area contributed by atoms with Crippen molar-refractivity contribution in [2.24, 2.45) is 0 Å². The Morgan fingerprint density at radius 2 is 2.29 bits per heavy atom. The first-order valence-electron chi connectivity index (χ1n) is 4.08.